The minimum Gasteiger partial charge on any atom is -0.496 e. The number of hydrogen-bond donors (Lipinski definition) is 1. The highest BCUT2D eigenvalue weighted by molar-refractivity contribution is 9.10. The van der Waals surface area contributed by atoms with Gasteiger partial charge in [-0.3, -0.25) is 0 Å². The molecule has 3 heteroatoms. The zero-order chi connectivity index (χ0) is 10.1. The van der Waals surface area contributed by atoms with Crippen molar-refractivity contribution >= 4 is 15.9 Å². The van der Waals surface area contributed by atoms with Crippen LogP contribution in [0.15, 0.2) is 16.6 Å². The standard InChI is InChI=1S/C11H14BrNO/c1-14-11-5-7-3-2-4-10(13)8(7)6-9(11)12/h5-6,10H,2-4,13H2,1H3/t10-/m1/s1. The fraction of sp³-hybridized carbons (Fsp3) is 0.455. The average Bonchev–Trinajstić information content (AvgIpc) is 2.19. The van der Waals surface area contributed by atoms with Crippen LogP contribution >= 0.6 is 15.9 Å². The van der Waals surface area contributed by atoms with Crippen molar-refractivity contribution in [3.63, 3.8) is 0 Å². The maximum Gasteiger partial charge on any atom is 0.133 e. The molecule has 0 saturated heterocycles. The van der Waals surface area contributed by atoms with Gasteiger partial charge >= 0.3 is 0 Å². The zero-order valence-corrected chi connectivity index (χ0v) is 9.80. The molecule has 0 aromatic heterocycles. The lowest BCUT2D eigenvalue weighted by molar-refractivity contribution is 0.410. The third-order valence-corrected chi connectivity index (χ3v) is 3.39. The third kappa shape index (κ3) is 1.66. The summed E-state index contributed by atoms with van der Waals surface area (Å²) in [6, 6.07) is 4.39. The van der Waals surface area contributed by atoms with Gasteiger partial charge in [0.05, 0.1) is 11.6 Å². The Morgan fingerprint density at radius 3 is 3.00 bits per heavy atom. The number of hydrogen-bond acceptors (Lipinski definition) is 2. The number of ether oxygens (including phenoxy) is 1. The summed E-state index contributed by atoms with van der Waals surface area (Å²) < 4.78 is 6.25. The van der Waals surface area contributed by atoms with Crippen LogP contribution in [0.5, 0.6) is 5.75 Å². The van der Waals surface area contributed by atoms with E-state index in [4.69, 9.17) is 10.5 Å². The van der Waals surface area contributed by atoms with E-state index in [1.165, 1.54) is 17.5 Å². The molecule has 0 bridgehead atoms. The number of fused-ring (bicyclic) bond motifs is 1. The summed E-state index contributed by atoms with van der Waals surface area (Å²) in [5, 5.41) is 0. The summed E-state index contributed by atoms with van der Waals surface area (Å²) in [5.41, 5.74) is 8.65. The number of benzene rings is 1. The van der Waals surface area contributed by atoms with Crippen LogP contribution < -0.4 is 10.5 Å². The quantitative estimate of drug-likeness (QED) is 0.838. The molecule has 1 aliphatic carbocycles. The van der Waals surface area contributed by atoms with Crippen LogP contribution in [-0.2, 0) is 6.42 Å². The Hall–Kier alpha value is -0.540. The van der Waals surface area contributed by atoms with Crippen LogP contribution in [0.3, 0.4) is 0 Å². The molecule has 0 aliphatic heterocycles. The predicted molar refractivity (Wildman–Crippen MR) is 60.6 cm³/mol. The van der Waals surface area contributed by atoms with E-state index < -0.39 is 0 Å². The molecule has 1 aliphatic rings. The summed E-state index contributed by atoms with van der Waals surface area (Å²) in [7, 11) is 1.69. The second-order valence-corrected chi connectivity index (χ2v) is 4.54. The highest BCUT2D eigenvalue weighted by Gasteiger charge is 2.18. The molecule has 0 radical (unpaired) electrons. The lowest BCUT2D eigenvalue weighted by atomic mass is 9.88. The first-order valence-corrected chi connectivity index (χ1v) is 5.63. The first kappa shape index (κ1) is 9.99. The number of nitrogens with two attached hydrogens (primary N) is 1. The first-order chi connectivity index (χ1) is 6.72. The summed E-state index contributed by atoms with van der Waals surface area (Å²) >= 11 is 3.48. The molecule has 2 nitrogen and oxygen atoms in total. The molecule has 1 aromatic rings. The van der Waals surface area contributed by atoms with E-state index in [0.29, 0.717) is 0 Å². The van der Waals surface area contributed by atoms with Gasteiger partial charge in [0, 0.05) is 6.04 Å². The molecule has 1 aromatic carbocycles. The Morgan fingerprint density at radius 2 is 2.29 bits per heavy atom. The van der Waals surface area contributed by atoms with Crippen molar-refractivity contribution in [1.82, 2.24) is 0 Å². The minimum absolute atomic E-state index is 0.195. The highest BCUT2D eigenvalue weighted by atomic mass is 79.9. The molecule has 0 amide bonds. The van der Waals surface area contributed by atoms with Crippen LogP contribution in [0.4, 0.5) is 0 Å². The summed E-state index contributed by atoms with van der Waals surface area (Å²) in [6.45, 7) is 0. The van der Waals surface area contributed by atoms with Crippen molar-refractivity contribution in [3.8, 4) is 5.75 Å². The Balaban J connectivity index is 2.48. The molecule has 1 atom stereocenters. The summed E-state index contributed by atoms with van der Waals surface area (Å²) in [6.07, 6.45) is 3.39. The van der Waals surface area contributed by atoms with Crippen molar-refractivity contribution in [2.75, 3.05) is 7.11 Å². The van der Waals surface area contributed by atoms with Gasteiger partial charge in [-0.25, -0.2) is 0 Å². The average molecular weight is 256 g/mol. The Morgan fingerprint density at radius 1 is 1.50 bits per heavy atom. The monoisotopic (exact) mass is 255 g/mol. The molecule has 0 fully saturated rings. The normalized spacial score (nSPS) is 20.4. The van der Waals surface area contributed by atoms with Crippen LogP contribution in [-0.4, -0.2) is 7.11 Å². The van der Waals surface area contributed by atoms with Crippen LogP contribution in [0.1, 0.15) is 30.0 Å². The van der Waals surface area contributed by atoms with E-state index in [0.717, 1.165) is 23.1 Å². The number of halogens is 1. The van der Waals surface area contributed by atoms with Crippen molar-refractivity contribution in [1.29, 1.82) is 0 Å². The Labute approximate surface area is 92.6 Å². The molecule has 0 saturated carbocycles. The lowest BCUT2D eigenvalue weighted by Gasteiger charge is -2.23. The predicted octanol–water partition coefficient (Wildman–Crippen LogP) is 2.79. The molecule has 76 valence electrons. The van der Waals surface area contributed by atoms with E-state index in [1.54, 1.807) is 7.11 Å². The van der Waals surface area contributed by atoms with Crippen molar-refractivity contribution in [3.05, 3.63) is 27.7 Å². The maximum atomic E-state index is 6.05. The second kappa shape index (κ2) is 3.91. The SMILES string of the molecule is COc1cc2c(cc1Br)[C@H](N)CCC2. The largest absolute Gasteiger partial charge is 0.496 e. The maximum absolute atomic E-state index is 6.05. The van der Waals surface area contributed by atoms with Crippen LogP contribution in [0.2, 0.25) is 0 Å². The van der Waals surface area contributed by atoms with E-state index in [9.17, 15) is 0 Å². The van der Waals surface area contributed by atoms with Gasteiger partial charge in [0.25, 0.3) is 0 Å². The third-order valence-electron chi connectivity index (χ3n) is 2.77. The fourth-order valence-corrected chi connectivity index (χ4v) is 2.52. The Bertz CT molecular complexity index is 351. The molecule has 14 heavy (non-hydrogen) atoms. The number of rotatable bonds is 1. The van der Waals surface area contributed by atoms with Gasteiger partial charge in [-0.1, -0.05) is 0 Å². The summed E-state index contributed by atoms with van der Waals surface area (Å²) in [4.78, 5) is 0. The first-order valence-electron chi connectivity index (χ1n) is 4.84. The summed E-state index contributed by atoms with van der Waals surface area (Å²) in [5.74, 6) is 0.901. The van der Waals surface area contributed by atoms with Crippen LogP contribution in [0, 0.1) is 0 Å². The number of aryl methyl sites for hydroxylation is 1. The molecule has 0 spiro atoms. The zero-order valence-electron chi connectivity index (χ0n) is 8.22. The molecule has 2 rings (SSSR count). The minimum atomic E-state index is 0.195. The van der Waals surface area contributed by atoms with Gasteiger partial charge in [0.15, 0.2) is 0 Å². The van der Waals surface area contributed by atoms with Gasteiger partial charge in [-0.05, 0) is 58.5 Å². The van der Waals surface area contributed by atoms with E-state index in [2.05, 4.69) is 28.1 Å². The van der Waals surface area contributed by atoms with Gasteiger partial charge in [-0.15, -0.1) is 0 Å². The molecule has 0 heterocycles. The van der Waals surface area contributed by atoms with Crippen molar-refractivity contribution < 1.29 is 4.74 Å². The van der Waals surface area contributed by atoms with Crippen molar-refractivity contribution in [2.45, 2.75) is 25.3 Å². The van der Waals surface area contributed by atoms with Gasteiger partial charge in [0.2, 0.25) is 0 Å². The van der Waals surface area contributed by atoms with E-state index >= 15 is 0 Å². The highest BCUT2D eigenvalue weighted by Crippen LogP contribution is 2.35. The smallest absolute Gasteiger partial charge is 0.133 e. The van der Waals surface area contributed by atoms with Gasteiger partial charge < -0.3 is 10.5 Å². The molecule has 0 unspecified atom stereocenters. The van der Waals surface area contributed by atoms with Crippen LogP contribution in [0.25, 0.3) is 0 Å². The Kier molecular flexibility index (Phi) is 2.79. The molecule has 2 N–H and O–H groups in total. The molecular weight excluding hydrogens is 242 g/mol. The molecular formula is C11H14BrNO. The second-order valence-electron chi connectivity index (χ2n) is 3.68. The van der Waals surface area contributed by atoms with Crippen molar-refractivity contribution in [2.24, 2.45) is 5.73 Å². The topological polar surface area (TPSA) is 35.2 Å². The van der Waals surface area contributed by atoms with Gasteiger partial charge in [0.1, 0.15) is 5.75 Å². The fourth-order valence-electron chi connectivity index (χ4n) is 2.00. The number of methoxy groups -OCH3 is 1. The van der Waals surface area contributed by atoms with E-state index in [1.807, 2.05) is 0 Å². The van der Waals surface area contributed by atoms with E-state index in [-0.39, 0.29) is 6.04 Å². The lowest BCUT2D eigenvalue weighted by Crippen LogP contribution is -2.17. The van der Waals surface area contributed by atoms with Gasteiger partial charge in [-0.2, -0.15) is 0 Å².